The van der Waals surface area contributed by atoms with E-state index in [0.717, 1.165) is 5.69 Å². The van der Waals surface area contributed by atoms with Crippen LogP contribution in [0.5, 0.6) is 0 Å². The van der Waals surface area contributed by atoms with Crippen molar-refractivity contribution < 1.29 is 14.3 Å². The van der Waals surface area contributed by atoms with Gasteiger partial charge in [-0.15, -0.1) is 0 Å². The van der Waals surface area contributed by atoms with Gasteiger partial charge < -0.3 is 14.8 Å². The van der Waals surface area contributed by atoms with E-state index in [1.165, 1.54) is 6.20 Å². The zero-order valence-corrected chi connectivity index (χ0v) is 9.44. The summed E-state index contributed by atoms with van der Waals surface area (Å²) in [5.41, 5.74) is 0.851. The predicted octanol–water partition coefficient (Wildman–Crippen LogP) is 2.64. The van der Waals surface area contributed by atoms with Crippen LogP contribution in [-0.2, 0) is 6.54 Å². The van der Waals surface area contributed by atoms with Crippen molar-refractivity contribution in [1.29, 1.82) is 0 Å². The third kappa shape index (κ3) is 2.98. The van der Waals surface area contributed by atoms with Crippen molar-refractivity contribution in [3.8, 4) is 0 Å². The average Bonchev–Trinajstić information content (AvgIpc) is 2.77. The zero-order valence-electron chi connectivity index (χ0n) is 8.68. The number of nitrogens with zero attached hydrogens (tertiary/aromatic N) is 1. The molecule has 1 aromatic heterocycles. The minimum atomic E-state index is -1.13. The number of rotatable bonds is 4. The first kappa shape index (κ1) is 11.5. The van der Waals surface area contributed by atoms with Crippen molar-refractivity contribution in [1.82, 2.24) is 4.98 Å². The number of carboxylic acids is 1. The molecule has 0 bridgehead atoms. The largest absolute Gasteiger partial charge is 0.475 e. The van der Waals surface area contributed by atoms with E-state index >= 15 is 0 Å². The van der Waals surface area contributed by atoms with Crippen LogP contribution in [0.1, 0.15) is 16.4 Å². The van der Waals surface area contributed by atoms with Gasteiger partial charge in [0.1, 0.15) is 0 Å². The van der Waals surface area contributed by atoms with Gasteiger partial charge in [-0.3, -0.25) is 0 Å². The van der Waals surface area contributed by atoms with Gasteiger partial charge in [0.15, 0.2) is 0 Å². The molecule has 0 radical (unpaired) electrons. The summed E-state index contributed by atoms with van der Waals surface area (Å²) in [6.07, 6.45) is 1.18. The lowest BCUT2D eigenvalue weighted by Crippen LogP contribution is -1.99. The maximum absolute atomic E-state index is 10.6. The number of aromatic carboxylic acids is 1. The molecule has 2 rings (SSSR count). The molecule has 2 aromatic rings. The van der Waals surface area contributed by atoms with E-state index in [1.807, 2.05) is 12.1 Å². The van der Waals surface area contributed by atoms with Crippen LogP contribution in [0.15, 0.2) is 34.9 Å². The Morgan fingerprint density at radius 1 is 1.41 bits per heavy atom. The Morgan fingerprint density at radius 3 is 2.71 bits per heavy atom. The molecule has 0 aliphatic rings. The minimum Gasteiger partial charge on any atom is -0.475 e. The van der Waals surface area contributed by atoms with E-state index in [2.05, 4.69) is 10.3 Å². The Morgan fingerprint density at radius 2 is 2.12 bits per heavy atom. The SMILES string of the molecule is O=C(O)c1cnc(CNc2ccc(Cl)cc2)o1. The van der Waals surface area contributed by atoms with Gasteiger partial charge in [-0.25, -0.2) is 9.78 Å². The number of carboxylic acid groups (broad SMARTS) is 1. The van der Waals surface area contributed by atoms with Crippen LogP contribution in [0, 0.1) is 0 Å². The molecule has 1 aromatic carbocycles. The van der Waals surface area contributed by atoms with Crippen LogP contribution >= 0.6 is 11.6 Å². The van der Waals surface area contributed by atoms with Crippen LogP contribution in [0.3, 0.4) is 0 Å². The first-order valence-corrected chi connectivity index (χ1v) is 5.20. The normalized spacial score (nSPS) is 10.2. The standard InChI is InChI=1S/C11H9ClN2O3/c12-7-1-3-8(4-2-7)13-6-10-14-5-9(17-10)11(15)16/h1-5,13H,6H2,(H,15,16). The molecule has 0 aliphatic carbocycles. The minimum absolute atomic E-state index is 0.169. The Bertz CT molecular complexity index is 522. The van der Waals surface area contributed by atoms with Gasteiger partial charge >= 0.3 is 5.97 Å². The highest BCUT2D eigenvalue weighted by Gasteiger charge is 2.09. The maximum atomic E-state index is 10.6. The van der Waals surface area contributed by atoms with Crippen LogP contribution in [-0.4, -0.2) is 16.1 Å². The molecule has 0 atom stereocenters. The zero-order chi connectivity index (χ0) is 12.3. The van der Waals surface area contributed by atoms with E-state index in [-0.39, 0.29) is 5.76 Å². The quantitative estimate of drug-likeness (QED) is 0.875. The average molecular weight is 253 g/mol. The third-order valence-corrected chi connectivity index (χ3v) is 2.30. The lowest BCUT2D eigenvalue weighted by molar-refractivity contribution is 0.0660. The van der Waals surface area contributed by atoms with Crippen molar-refractivity contribution >= 4 is 23.3 Å². The number of carbonyl (C=O) groups is 1. The molecule has 17 heavy (non-hydrogen) atoms. The molecule has 0 fully saturated rings. The molecular weight excluding hydrogens is 244 g/mol. The highest BCUT2D eigenvalue weighted by atomic mass is 35.5. The number of aromatic nitrogens is 1. The first-order chi connectivity index (χ1) is 8.15. The van der Waals surface area contributed by atoms with Crippen LogP contribution in [0.4, 0.5) is 5.69 Å². The highest BCUT2D eigenvalue weighted by Crippen LogP contribution is 2.14. The van der Waals surface area contributed by atoms with Crippen LogP contribution in [0.2, 0.25) is 5.02 Å². The van der Waals surface area contributed by atoms with Gasteiger partial charge in [-0.2, -0.15) is 0 Å². The number of anilines is 1. The van der Waals surface area contributed by atoms with E-state index in [1.54, 1.807) is 12.1 Å². The summed E-state index contributed by atoms with van der Waals surface area (Å²) in [7, 11) is 0. The Kier molecular flexibility index (Phi) is 3.30. The molecule has 5 nitrogen and oxygen atoms in total. The fraction of sp³-hybridized carbons (Fsp3) is 0.0909. The summed E-state index contributed by atoms with van der Waals surface area (Å²) in [5, 5.41) is 12.3. The highest BCUT2D eigenvalue weighted by molar-refractivity contribution is 6.30. The van der Waals surface area contributed by atoms with Crippen LogP contribution in [0.25, 0.3) is 0 Å². The van der Waals surface area contributed by atoms with E-state index in [0.29, 0.717) is 17.5 Å². The van der Waals surface area contributed by atoms with Crippen molar-refractivity contribution in [3.05, 3.63) is 47.1 Å². The second-order valence-electron chi connectivity index (χ2n) is 3.28. The van der Waals surface area contributed by atoms with Gasteiger partial charge in [0.2, 0.25) is 11.7 Å². The van der Waals surface area contributed by atoms with Crippen molar-refractivity contribution in [2.75, 3.05) is 5.32 Å². The smallest absolute Gasteiger partial charge is 0.373 e. The second kappa shape index (κ2) is 4.88. The van der Waals surface area contributed by atoms with Gasteiger partial charge in [0, 0.05) is 10.7 Å². The third-order valence-electron chi connectivity index (χ3n) is 2.05. The Labute approximate surface area is 102 Å². The molecule has 0 unspecified atom stereocenters. The molecule has 0 aliphatic heterocycles. The topological polar surface area (TPSA) is 75.4 Å². The lowest BCUT2D eigenvalue weighted by atomic mass is 10.3. The van der Waals surface area contributed by atoms with Gasteiger partial charge in [0.25, 0.3) is 0 Å². The summed E-state index contributed by atoms with van der Waals surface area (Å²) in [6, 6.07) is 7.12. The van der Waals surface area contributed by atoms with Crippen LogP contribution < -0.4 is 5.32 Å². The number of nitrogens with one attached hydrogen (secondary N) is 1. The molecule has 0 amide bonds. The predicted molar refractivity (Wildman–Crippen MR) is 62.2 cm³/mol. The summed E-state index contributed by atoms with van der Waals surface area (Å²) in [4.78, 5) is 14.4. The number of benzene rings is 1. The number of hydrogen-bond acceptors (Lipinski definition) is 4. The molecule has 0 saturated heterocycles. The van der Waals surface area contributed by atoms with Crippen molar-refractivity contribution in [2.45, 2.75) is 6.54 Å². The Balaban J connectivity index is 1.97. The molecule has 0 saturated carbocycles. The molecule has 1 heterocycles. The van der Waals surface area contributed by atoms with Crippen molar-refractivity contribution in [3.63, 3.8) is 0 Å². The summed E-state index contributed by atoms with van der Waals surface area (Å²) < 4.78 is 4.99. The molecule has 88 valence electrons. The monoisotopic (exact) mass is 252 g/mol. The van der Waals surface area contributed by atoms with Gasteiger partial charge in [-0.1, -0.05) is 11.6 Å². The maximum Gasteiger partial charge on any atom is 0.373 e. The molecular formula is C11H9ClN2O3. The fourth-order valence-corrected chi connectivity index (χ4v) is 1.36. The number of halogens is 1. The van der Waals surface area contributed by atoms with Gasteiger partial charge in [-0.05, 0) is 24.3 Å². The summed E-state index contributed by atoms with van der Waals surface area (Å²) in [6.45, 7) is 0.314. The first-order valence-electron chi connectivity index (χ1n) is 4.82. The van der Waals surface area contributed by atoms with Crippen molar-refractivity contribution in [2.24, 2.45) is 0 Å². The number of hydrogen-bond donors (Lipinski definition) is 2. The summed E-state index contributed by atoms with van der Waals surface area (Å²) in [5.74, 6) is -0.981. The van der Waals surface area contributed by atoms with Gasteiger partial charge in [0.05, 0.1) is 12.7 Å². The number of oxazole rings is 1. The van der Waals surface area contributed by atoms with E-state index < -0.39 is 5.97 Å². The Hall–Kier alpha value is -2.01. The molecule has 6 heteroatoms. The second-order valence-corrected chi connectivity index (χ2v) is 3.72. The summed E-state index contributed by atoms with van der Waals surface area (Å²) >= 11 is 5.74. The fourth-order valence-electron chi connectivity index (χ4n) is 1.24. The lowest BCUT2D eigenvalue weighted by Gasteiger charge is -2.02. The molecule has 0 spiro atoms. The van der Waals surface area contributed by atoms with E-state index in [4.69, 9.17) is 21.1 Å². The molecule has 2 N–H and O–H groups in total. The van der Waals surface area contributed by atoms with E-state index in [9.17, 15) is 4.79 Å².